The van der Waals surface area contributed by atoms with Crippen LogP contribution in [-0.4, -0.2) is 36.7 Å². The summed E-state index contributed by atoms with van der Waals surface area (Å²) in [5, 5.41) is 5.85. The number of hydrogen-bond acceptors (Lipinski definition) is 3. The van der Waals surface area contributed by atoms with E-state index >= 15 is 0 Å². The third kappa shape index (κ3) is 6.61. The molecule has 6 heteroatoms. The van der Waals surface area contributed by atoms with Gasteiger partial charge in [0, 0.05) is 4.47 Å². The lowest BCUT2D eigenvalue weighted by Gasteiger charge is -2.34. The summed E-state index contributed by atoms with van der Waals surface area (Å²) < 4.78 is 6.52. The first kappa shape index (κ1) is 20.6. The van der Waals surface area contributed by atoms with Crippen molar-refractivity contribution >= 4 is 36.3 Å². The van der Waals surface area contributed by atoms with E-state index in [0.717, 1.165) is 10.0 Å². The van der Waals surface area contributed by atoms with Crippen molar-refractivity contribution in [1.82, 2.24) is 5.01 Å². The van der Waals surface area contributed by atoms with E-state index in [1.807, 2.05) is 45.0 Å². The molecule has 0 aliphatic heterocycles. The van der Waals surface area contributed by atoms with Crippen LogP contribution in [-0.2, 0) is 4.74 Å². The van der Waals surface area contributed by atoms with E-state index in [1.165, 1.54) is 5.01 Å². The quantitative estimate of drug-likeness (QED) is 0.280. The van der Waals surface area contributed by atoms with Gasteiger partial charge in [0.05, 0.1) is 20.0 Å². The molecule has 0 spiro atoms. The van der Waals surface area contributed by atoms with Crippen molar-refractivity contribution in [2.24, 2.45) is 5.10 Å². The fraction of sp³-hybridized carbons (Fsp3) is 0.444. The predicted octanol–water partition coefficient (Wildman–Crippen LogP) is 5.45. The van der Waals surface area contributed by atoms with Crippen molar-refractivity contribution in [2.75, 3.05) is 0 Å². The molecule has 0 aliphatic rings. The molecular weight excluding hydrogens is 384 g/mol. The molecule has 0 aromatic heterocycles. The van der Waals surface area contributed by atoms with Gasteiger partial charge in [0.25, 0.3) is 0 Å². The van der Waals surface area contributed by atoms with Crippen molar-refractivity contribution in [3.05, 3.63) is 47.0 Å². The average molecular weight is 411 g/mol. The van der Waals surface area contributed by atoms with Crippen molar-refractivity contribution in [1.29, 1.82) is 0 Å². The highest BCUT2D eigenvalue weighted by Crippen LogP contribution is 2.20. The van der Waals surface area contributed by atoms with Crippen molar-refractivity contribution in [2.45, 2.75) is 51.7 Å². The van der Waals surface area contributed by atoms with E-state index in [1.54, 1.807) is 12.3 Å². The molecule has 1 rings (SSSR count). The maximum atomic E-state index is 12.6. The Morgan fingerprint density at radius 1 is 1.29 bits per heavy atom. The molecule has 0 fully saturated rings. The fourth-order valence-electron chi connectivity index (χ4n) is 2.04. The first-order chi connectivity index (χ1) is 10.9. The lowest BCUT2D eigenvalue weighted by atomic mass is 10.2. The van der Waals surface area contributed by atoms with E-state index in [9.17, 15) is 4.79 Å². The summed E-state index contributed by atoms with van der Waals surface area (Å²) >= 11 is 3.41. The number of carbonyl (C=O) groups is 1. The second kappa shape index (κ2) is 8.12. The van der Waals surface area contributed by atoms with E-state index in [4.69, 9.17) is 4.74 Å². The number of nitrogens with zero attached hydrogens (tertiary/aromatic N) is 2. The molecule has 0 heterocycles. The van der Waals surface area contributed by atoms with Crippen LogP contribution in [0.25, 0.3) is 0 Å². The van der Waals surface area contributed by atoms with Crippen LogP contribution in [0.2, 0.25) is 19.6 Å². The van der Waals surface area contributed by atoms with Crippen molar-refractivity contribution in [3.8, 4) is 0 Å². The molecule has 0 saturated carbocycles. The Morgan fingerprint density at radius 3 is 2.25 bits per heavy atom. The van der Waals surface area contributed by atoms with Gasteiger partial charge in [-0.15, -0.1) is 6.58 Å². The molecule has 132 valence electrons. The van der Waals surface area contributed by atoms with Crippen LogP contribution in [0.15, 0.2) is 46.5 Å². The molecule has 1 aromatic rings. The summed E-state index contributed by atoms with van der Waals surface area (Å²) in [6.07, 6.45) is 3.00. The molecule has 0 aliphatic carbocycles. The number of amides is 1. The highest BCUT2D eigenvalue weighted by atomic mass is 79.9. The van der Waals surface area contributed by atoms with Gasteiger partial charge in [-0.1, -0.05) is 53.8 Å². The van der Waals surface area contributed by atoms with Crippen LogP contribution in [0, 0.1) is 0 Å². The Kier molecular flexibility index (Phi) is 6.98. The van der Waals surface area contributed by atoms with Crippen LogP contribution < -0.4 is 0 Å². The summed E-state index contributed by atoms with van der Waals surface area (Å²) in [4.78, 5) is 12.6. The lowest BCUT2D eigenvalue weighted by molar-refractivity contribution is 0.0248. The molecule has 1 atom stereocenters. The maximum Gasteiger partial charge on any atom is 0.431 e. The Bertz CT molecular complexity index is 601. The standard InChI is InChI=1S/C18H27BrN2O2Si/c1-8-16(24(5,6)7)21(17(22)23-18(2,3)4)20-13-14-9-11-15(19)12-10-14/h8-13,16H,1H2,2-7H3/b20-13+. The topological polar surface area (TPSA) is 41.9 Å². The van der Waals surface area contributed by atoms with E-state index in [-0.39, 0.29) is 5.67 Å². The van der Waals surface area contributed by atoms with Gasteiger partial charge in [-0.2, -0.15) is 10.1 Å². The first-order valence-electron chi connectivity index (χ1n) is 7.88. The molecule has 1 unspecified atom stereocenters. The van der Waals surface area contributed by atoms with Gasteiger partial charge in [-0.05, 0) is 38.5 Å². The first-order valence-corrected chi connectivity index (χ1v) is 12.3. The highest BCUT2D eigenvalue weighted by molar-refractivity contribution is 9.10. The Balaban J connectivity index is 3.14. The van der Waals surface area contributed by atoms with Crippen LogP contribution in [0.3, 0.4) is 0 Å². The third-order valence-corrected chi connectivity index (χ3v) is 5.94. The minimum atomic E-state index is -1.75. The van der Waals surface area contributed by atoms with Gasteiger partial charge in [-0.3, -0.25) is 0 Å². The minimum absolute atomic E-state index is 0.154. The maximum absolute atomic E-state index is 12.6. The van der Waals surface area contributed by atoms with Gasteiger partial charge in [-0.25, -0.2) is 4.79 Å². The number of ether oxygens (including phenoxy) is 1. The molecule has 0 bridgehead atoms. The van der Waals surface area contributed by atoms with Gasteiger partial charge in [0.15, 0.2) is 0 Å². The molecular formula is C18H27BrN2O2Si. The van der Waals surface area contributed by atoms with Crippen LogP contribution in [0.1, 0.15) is 26.3 Å². The van der Waals surface area contributed by atoms with Crippen molar-refractivity contribution < 1.29 is 9.53 Å². The number of hydrazone groups is 1. The normalized spacial score (nSPS) is 13.6. The molecule has 1 aromatic carbocycles. The van der Waals surface area contributed by atoms with Gasteiger partial charge < -0.3 is 4.74 Å². The molecule has 24 heavy (non-hydrogen) atoms. The Morgan fingerprint density at radius 2 is 1.83 bits per heavy atom. The molecule has 0 N–H and O–H groups in total. The number of hydrogen-bond donors (Lipinski definition) is 0. The zero-order valence-corrected chi connectivity index (χ0v) is 17.9. The Hall–Kier alpha value is -1.40. The van der Waals surface area contributed by atoms with E-state index in [0.29, 0.717) is 0 Å². The summed E-state index contributed by atoms with van der Waals surface area (Å²) in [6, 6.07) is 7.72. The summed E-state index contributed by atoms with van der Waals surface area (Å²) in [5.41, 5.74) is 0.178. The van der Waals surface area contributed by atoms with Gasteiger partial charge in [0.1, 0.15) is 5.60 Å². The lowest BCUT2D eigenvalue weighted by Crippen LogP contribution is -2.51. The number of benzene rings is 1. The predicted molar refractivity (Wildman–Crippen MR) is 107 cm³/mol. The second-order valence-electron chi connectivity index (χ2n) is 7.67. The van der Waals surface area contributed by atoms with Gasteiger partial charge in [0.2, 0.25) is 0 Å². The smallest absolute Gasteiger partial charge is 0.431 e. The van der Waals surface area contributed by atoms with Gasteiger partial charge >= 0.3 is 6.09 Å². The summed E-state index contributed by atoms with van der Waals surface area (Å²) in [6.45, 7) is 16.0. The number of rotatable bonds is 5. The SMILES string of the molecule is C=CC(N(/N=C/c1ccc(Br)cc1)C(=O)OC(C)(C)C)[Si](C)(C)C. The van der Waals surface area contributed by atoms with Crippen LogP contribution >= 0.6 is 15.9 Å². The Labute approximate surface area is 154 Å². The average Bonchev–Trinajstić information content (AvgIpc) is 2.41. The second-order valence-corrected chi connectivity index (χ2v) is 13.9. The largest absolute Gasteiger partial charge is 0.442 e. The van der Waals surface area contributed by atoms with Crippen LogP contribution in [0.4, 0.5) is 4.79 Å². The summed E-state index contributed by atoms with van der Waals surface area (Å²) in [7, 11) is -1.75. The number of halogens is 1. The molecule has 0 saturated heterocycles. The summed E-state index contributed by atoms with van der Waals surface area (Å²) in [5.74, 6) is 0. The molecule has 0 radical (unpaired) electrons. The highest BCUT2D eigenvalue weighted by Gasteiger charge is 2.35. The molecule has 4 nitrogen and oxygen atoms in total. The monoisotopic (exact) mass is 410 g/mol. The zero-order valence-electron chi connectivity index (χ0n) is 15.3. The molecule has 1 amide bonds. The van der Waals surface area contributed by atoms with Crippen molar-refractivity contribution in [3.63, 3.8) is 0 Å². The minimum Gasteiger partial charge on any atom is -0.442 e. The van der Waals surface area contributed by atoms with E-state index in [2.05, 4.69) is 47.3 Å². The van der Waals surface area contributed by atoms with E-state index < -0.39 is 19.8 Å². The third-order valence-electron chi connectivity index (χ3n) is 3.16. The number of carbonyl (C=O) groups excluding carboxylic acids is 1. The zero-order chi connectivity index (χ0) is 18.5. The fourth-order valence-corrected chi connectivity index (χ4v) is 3.92. The van der Waals surface area contributed by atoms with Crippen LogP contribution in [0.5, 0.6) is 0 Å².